The zero-order valence-electron chi connectivity index (χ0n) is 23.2. The number of fused-ring (bicyclic) bond motifs is 3. The number of thiophene rings is 1. The Morgan fingerprint density at radius 3 is 2.51 bits per heavy atom. The molecule has 2 aromatic heterocycles. The number of halogens is 2. The Morgan fingerprint density at radius 2 is 1.77 bits per heavy atom. The zero-order chi connectivity index (χ0) is 29.7. The van der Waals surface area contributed by atoms with E-state index in [-0.39, 0.29) is 23.1 Å². The van der Waals surface area contributed by atoms with E-state index in [1.165, 1.54) is 22.4 Å². The number of para-hydroxylation sites is 1. The second-order valence-electron chi connectivity index (χ2n) is 11.4. The van der Waals surface area contributed by atoms with Crippen molar-refractivity contribution in [3.8, 4) is 10.4 Å². The van der Waals surface area contributed by atoms with Crippen LogP contribution in [0.25, 0.3) is 10.4 Å². The van der Waals surface area contributed by atoms with E-state index in [1.807, 2.05) is 30.3 Å². The molecule has 0 unspecified atom stereocenters. The Balaban J connectivity index is 1.08. The van der Waals surface area contributed by atoms with Gasteiger partial charge in [-0.3, -0.25) is 14.4 Å². The van der Waals surface area contributed by atoms with Crippen LogP contribution < -0.4 is 15.1 Å². The first-order valence-electron chi connectivity index (χ1n) is 14.3. The molecule has 10 heteroatoms. The number of nitrogens with one attached hydrogen (secondary N) is 1. The van der Waals surface area contributed by atoms with Gasteiger partial charge >= 0.3 is 0 Å². The Morgan fingerprint density at radius 1 is 1.00 bits per heavy atom. The summed E-state index contributed by atoms with van der Waals surface area (Å²) in [6.07, 6.45) is 4.99. The van der Waals surface area contributed by atoms with Crippen LogP contribution in [0, 0.1) is 5.92 Å². The molecule has 1 N–H and O–H groups in total. The predicted octanol–water partition coefficient (Wildman–Crippen LogP) is 6.70. The van der Waals surface area contributed by atoms with Crippen LogP contribution in [-0.4, -0.2) is 48.1 Å². The highest BCUT2D eigenvalue weighted by Gasteiger charge is 2.45. The number of benzene rings is 2. The highest BCUT2D eigenvalue weighted by molar-refractivity contribution is 7.17. The summed E-state index contributed by atoms with van der Waals surface area (Å²) in [6.45, 7) is -0.491. The number of ketones is 1. The quantitative estimate of drug-likeness (QED) is 0.239. The lowest BCUT2D eigenvalue weighted by molar-refractivity contribution is -0.0267. The van der Waals surface area contributed by atoms with Gasteiger partial charge in [0, 0.05) is 40.9 Å². The molecule has 2 aliphatic heterocycles. The predicted molar refractivity (Wildman–Crippen MR) is 163 cm³/mol. The van der Waals surface area contributed by atoms with Crippen LogP contribution in [0.15, 0.2) is 72.9 Å². The van der Waals surface area contributed by atoms with Crippen LogP contribution in [0.3, 0.4) is 0 Å². The van der Waals surface area contributed by atoms with Gasteiger partial charge in [0.05, 0.1) is 29.2 Å². The average molecular weight is 599 g/mol. The highest BCUT2D eigenvalue weighted by Crippen LogP contribution is 2.43. The summed E-state index contributed by atoms with van der Waals surface area (Å²) in [6, 6.07) is 19.6. The largest absolute Gasteiger partial charge is 0.344 e. The van der Waals surface area contributed by atoms with Crippen molar-refractivity contribution >= 4 is 46.1 Å². The molecule has 3 aliphatic rings. The van der Waals surface area contributed by atoms with Crippen molar-refractivity contribution in [3.05, 3.63) is 94.5 Å². The minimum absolute atomic E-state index is 0.168. The first-order chi connectivity index (χ1) is 20.8. The third-order valence-corrected chi connectivity index (χ3v) is 9.36. The van der Waals surface area contributed by atoms with Gasteiger partial charge in [-0.05, 0) is 79.3 Å². The van der Waals surface area contributed by atoms with E-state index in [9.17, 15) is 23.2 Å². The Labute approximate surface area is 251 Å². The van der Waals surface area contributed by atoms with E-state index in [0.717, 1.165) is 39.4 Å². The number of Topliss-reactive ketones (excluding diaryl/α,β-unsaturated/α-hetero) is 1. The van der Waals surface area contributed by atoms with Crippen molar-refractivity contribution in [3.63, 3.8) is 0 Å². The minimum Gasteiger partial charge on any atom is -0.344 e. The van der Waals surface area contributed by atoms with Gasteiger partial charge in [-0.1, -0.05) is 18.2 Å². The van der Waals surface area contributed by atoms with Gasteiger partial charge < -0.3 is 15.1 Å². The summed E-state index contributed by atoms with van der Waals surface area (Å²) in [7, 11) is 0. The molecule has 43 heavy (non-hydrogen) atoms. The topological polar surface area (TPSA) is 82.6 Å². The van der Waals surface area contributed by atoms with Crippen molar-refractivity contribution in [1.29, 1.82) is 0 Å². The number of anilines is 3. The summed E-state index contributed by atoms with van der Waals surface area (Å²) in [4.78, 5) is 48.7. The Bertz CT molecular complexity index is 1740. The number of amides is 2. The van der Waals surface area contributed by atoms with Crippen LogP contribution in [0.5, 0.6) is 0 Å². The molecule has 218 valence electrons. The third-order valence-electron chi connectivity index (χ3n) is 8.11. The molecular weight excluding hydrogens is 570 g/mol. The summed E-state index contributed by atoms with van der Waals surface area (Å²) in [5.74, 6) is -2.47. The number of alkyl halides is 2. The molecule has 0 spiro atoms. The van der Waals surface area contributed by atoms with E-state index < -0.39 is 24.9 Å². The van der Waals surface area contributed by atoms with E-state index in [0.29, 0.717) is 36.6 Å². The average Bonchev–Trinajstić information content (AvgIpc) is 3.74. The molecule has 0 radical (unpaired) electrons. The van der Waals surface area contributed by atoms with Crippen LogP contribution in [0.2, 0.25) is 0 Å². The molecule has 1 aliphatic carbocycles. The van der Waals surface area contributed by atoms with Crippen LogP contribution in [0.1, 0.15) is 55.2 Å². The first kappa shape index (κ1) is 27.4. The molecule has 4 heterocycles. The number of nitrogens with zero attached hydrogens (tertiary/aromatic N) is 3. The van der Waals surface area contributed by atoms with E-state index in [4.69, 9.17) is 0 Å². The SMILES string of the molecule is O=C(CC1CC1)c1cc2c(s1)-c1ccccc1N(C(=O)c1ccc(NC(=O)c3cccnc3N3CC(F)(F)C3)cc1)CC2. The monoisotopic (exact) mass is 598 g/mol. The third kappa shape index (κ3) is 5.43. The molecule has 2 fully saturated rings. The number of carbonyl (C=O) groups excluding carboxylic acids is 3. The van der Waals surface area contributed by atoms with Crippen LogP contribution >= 0.6 is 11.3 Å². The van der Waals surface area contributed by atoms with Gasteiger partial charge in [0.25, 0.3) is 17.7 Å². The second kappa shape index (κ2) is 10.7. The van der Waals surface area contributed by atoms with Crippen molar-refractivity contribution in [2.45, 2.75) is 31.6 Å². The smallest absolute Gasteiger partial charge is 0.282 e. The summed E-state index contributed by atoms with van der Waals surface area (Å²) in [5.41, 5.74) is 3.95. The summed E-state index contributed by atoms with van der Waals surface area (Å²) in [5, 5.41) is 2.79. The van der Waals surface area contributed by atoms with Crippen LogP contribution in [-0.2, 0) is 6.42 Å². The summed E-state index contributed by atoms with van der Waals surface area (Å²) >= 11 is 1.52. The van der Waals surface area contributed by atoms with E-state index >= 15 is 0 Å². The lowest BCUT2D eigenvalue weighted by Gasteiger charge is -2.40. The van der Waals surface area contributed by atoms with Gasteiger partial charge in [-0.2, -0.15) is 0 Å². The number of rotatable bonds is 7. The first-order valence-corrected chi connectivity index (χ1v) is 15.1. The number of hydrogen-bond donors (Lipinski definition) is 1. The molecule has 2 amide bonds. The molecule has 1 saturated heterocycles. The van der Waals surface area contributed by atoms with E-state index in [2.05, 4.69) is 10.3 Å². The number of pyridine rings is 1. The molecule has 1 saturated carbocycles. The van der Waals surface area contributed by atoms with Crippen molar-refractivity contribution in [2.24, 2.45) is 5.92 Å². The Hall–Kier alpha value is -4.44. The van der Waals surface area contributed by atoms with Gasteiger partial charge in [-0.25, -0.2) is 13.8 Å². The standard InChI is InChI=1S/C33H28F2N4O3S/c34-33(35)18-38(19-33)30-25(5-3-14-36-30)31(41)37-23-11-9-21(10-12-23)32(42)39-15-13-22-17-28(27(40)16-20-7-8-20)43-29(22)24-4-1-2-6-26(24)39/h1-6,9-12,14,17,20H,7-8,13,15-16,18-19H2,(H,37,41). The number of hydrogen-bond acceptors (Lipinski definition) is 6. The van der Waals surface area contributed by atoms with Crippen molar-refractivity contribution < 1.29 is 23.2 Å². The molecule has 4 aromatic rings. The molecule has 0 bridgehead atoms. The maximum atomic E-state index is 13.8. The number of aromatic nitrogens is 1. The Kier molecular flexibility index (Phi) is 6.80. The van der Waals surface area contributed by atoms with Gasteiger partial charge in [0.15, 0.2) is 5.78 Å². The van der Waals surface area contributed by atoms with Crippen molar-refractivity contribution in [2.75, 3.05) is 34.8 Å². The normalized spacial score (nSPS) is 16.9. The molecule has 2 aromatic carbocycles. The number of carbonyl (C=O) groups is 3. The van der Waals surface area contributed by atoms with Crippen molar-refractivity contribution in [1.82, 2.24) is 4.98 Å². The van der Waals surface area contributed by atoms with E-state index in [1.54, 1.807) is 41.3 Å². The fraction of sp³-hybridized carbons (Fsp3) is 0.273. The van der Waals surface area contributed by atoms with Gasteiger partial charge in [0.1, 0.15) is 5.82 Å². The molecule has 0 atom stereocenters. The fourth-order valence-electron chi connectivity index (χ4n) is 5.67. The lowest BCUT2D eigenvalue weighted by Crippen LogP contribution is -2.57. The molecular formula is C33H28F2N4O3S. The van der Waals surface area contributed by atoms with Gasteiger partial charge in [0.2, 0.25) is 0 Å². The maximum absolute atomic E-state index is 13.8. The fourth-order valence-corrected chi connectivity index (χ4v) is 6.86. The zero-order valence-corrected chi connectivity index (χ0v) is 24.0. The van der Waals surface area contributed by atoms with Gasteiger partial charge in [-0.15, -0.1) is 11.3 Å². The molecule has 7 rings (SSSR count). The minimum atomic E-state index is -2.79. The maximum Gasteiger partial charge on any atom is 0.282 e. The summed E-state index contributed by atoms with van der Waals surface area (Å²) < 4.78 is 26.8. The highest BCUT2D eigenvalue weighted by atomic mass is 32.1. The lowest BCUT2D eigenvalue weighted by atomic mass is 10.1. The molecule has 7 nitrogen and oxygen atoms in total. The second-order valence-corrected chi connectivity index (χ2v) is 12.4. The van der Waals surface area contributed by atoms with Crippen LogP contribution in [0.4, 0.5) is 26.0 Å².